The van der Waals surface area contributed by atoms with Gasteiger partial charge in [0.1, 0.15) is 6.20 Å². The summed E-state index contributed by atoms with van der Waals surface area (Å²) in [4.78, 5) is 25.5. The zero-order valence-electron chi connectivity index (χ0n) is 11.6. The molecule has 1 aromatic rings. The molecule has 7 nitrogen and oxygen atoms in total. The van der Waals surface area contributed by atoms with Gasteiger partial charge < -0.3 is 20.0 Å². The van der Waals surface area contributed by atoms with Crippen molar-refractivity contribution in [2.24, 2.45) is 5.92 Å². The maximum atomic E-state index is 11.9. The average molecular weight is 280 g/mol. The normalized spacial score (nSPS) is 22.4. The van der Waals surface area contributed by atoms with E-state index in [1.807, 2.05) is 0 Å². The molecule has 0 spiro atoms. The molecule has 0 radical (unpaired) electrons. The van der Waals surface area contributed by atoms with E-state index in [4.69, 9.17) is 0 Å². The first-order valence-electron chi connectivity index (χ1n) is 7.02. The number of carbonyl (C=O) groups is 1. The number of hydrogen-bond donors (Lipinski definition) is 1. The van der Waals surface area contributed by atoms with Crippen LogP contribution in [0.25, 0.3) is 0 Å². The third kappa shape index (κ3) is 3.79. The zero-order valence-corrected chi connectivity index (χ0v) is 11.6. The second-order valence-corrected chi connectivity index (χ2v) is 5.41. The molecule has 2 rings (SSSR count). The minimum atomic E-state index is -0.541. The van der Waals surface area contributed by atoms with Crippen molar-refractivity contribution >= 4 is 11.7 Å². The lowest BCUT2D eigenvalue weighted by Crippen LogP contribution is -2.41. The number of nitrogens with one attached hydrogen (secondary N) is 1. The van der Waals surface area contributed by atoms with Gasteiger partial charge in [-0.2, -0.15) is 0 Å². The van der Waals surface area contributed by atoms with Crippen molar-refractivity contribution in [3.63, 3.8) is 0 Å². The fourth-order valence-corrected chi connectivity index (χ4v) is 2.61. The van der Waals surface area contributed by atoms with Crippen molar-refractivity contribution in [3.05, 3.63) is 22.6 Å². The molecular weight excluding hydrogens is 260 g/mol. The fourth-order valence-electron chi connectivity index (χ4n) is 2.61. The van der Waals surface area contributed by atoms with Crippen LogP contribution in [0.1, 0.15) is 39.0 Å². The van der Waals surface area contributed by atoms with Gasteiger partial charge in [-0.15, -0.1) is 0 Å². The van der Waals surface area contributed by atoms with Crippen LogP contribution in [0.15, 0.2) is 12.5 Å². The molecule has 110 valence electrons. The van der Waals surface area contributed by atoms with Gasteiger partial charge >= 0.3 is 5.82 Å². The van der Waals surface area contributed by atoms with E-state index in [9.17, 15) is 14.9 Å². The maximum Gasteiger partial charge on any atom is 0.381 e. The van der Waals surface area contributed by atoms with E-state index in [-0.39, 0.29) is 17.8 Å². The molecule has 0 bridgehead atoms. The van der Waals surface area contributed by atoms with E-state index in [1.54, 1.807) is 4.57 Å². The molecule has 1 amide bonds. The first-order valence-corrected chi connectivity index (χ1v) is 7.02. The van der Waals surface area contributed by atoms with E-state index in [0.717, 1.165) is 6.42 Å². The van der Waals surface area contributed by atoms with Gasteiger partial charge in [-0.1, -0.05) is 19.8 Å². The molecule has 1 aromatic heterocycles. The third-order valence-electron chi connectivity index (χ3n) is 3.86. The van der Waals surface area contributed by atoms with E-state index < -0.39 is 4.92 Å². The lowest BCUT2D eigenvalue weighted by molar-refractivity contribution is -0.389. The van der Waals surface area contributed by atoms with E-state index in [2.05, 4.69) is 17.2 Å². The number of carbonyl (C=O) groups excluding carboxylic acids is 1. The molecule has 1 heterocycles. The van der Waals surface area contributed by atoms with Gasteiger partial charge in [-0.25, -0.2) is 0 Å². The van der Waals surface area contributed by atoms with Crippen LogP contribution in [-0.2, 0) is 11.3 Å². The molecule has 1 aliphatic rings. The molecule has 1 fully saturated rings. The maximum absolute atomic E-state index is 11.9. The topological polar surface area (TPSA) is 90.1 Å². The Morgan fingerprint density at radius 1 is 1.55 bits per heavy atom. The minimum Gasteiger partial charge on any atom is -0.358 e. The second kappa shape index (κ2) is 6.49. The number of nitrogens with zero attached hydrogens (tertiary/aromatic N) is 3. The van der Waals surface area contributed by atoms with Gasteiger partial charge in [0.25, 0.3) is 0 Å². The predicted molar refractivity (Wildman–Crippen MR) is 73.1 cm³/mol. The quantitative estimate of drug-likeness (QED) is 0.658. The monoisotopic (exact) mass is 280 g/mol. The number of amides is 1. The first kappa shape index (κ1) is 14.5. The molecule has 1 N–H and O–H groups in total. The Labute approximate surface area is 117 Å². The molecule has 0 saturated heterocycles. The number of aromatic nitrogens is 2. The summed E-state index contributed by atoms with van der Waals surface area (Å²) >= 11 is 0. The highest BCUT2D eigenvalue weighted by molar-refractivity contribution is 5.76. The van der Waals surface area contributed by atoms with Crippen LogP contribution in [0, 0.1) is 16.0 Å². The van der Waals surface area contributed by atoms with Crippen LogP contribution in [0.5, 0.6) is 0 Å². The summed E-state index contributed by atoms with van der Waals surface area (Å²) in [5, 5.41) is 13.6. The number of aryl methyl sites for hydroxylation is 1. The van der Waals surface area contributed by atoms with Crippen LogP contribution in [0.4, 0.5) is 5.82 Å². The Bertz CT molecular complexity index is 486. The molecular formula is C13H20N4O3. The summed E-state index contributed by atoms with van der Waals surface area (Å²) < 4.78 is 1.57. The van der Waals surface area contributed by atoms with Crippen molar-refractivity contribution < 1.29 is 9.72 Å². The van der Waals surface area contributed by atoms with Crippen LogP contribution >= 0.6 is 0 Å². The smallest absolute Gasteiger partial charge is 0.358 e. The largest absolute Gasteiger partial charge is 0.381 e. The van der Waals surface area contributed by atoms with E-state index >= 15 is 0 Å². The fraction of sp³-hybridized carbons (Fsp3) is 0.692. The van der Waals surface area contributed by atoms with Crippen molar-refractivity contribution in [3.8, 4) is 0 Å². The summed E-state index contributed by atoms with van der Waals surface area (Å²) in [7, 11) is 0. The number of hydrogen-bond acceptors (Lipinski definition) is 4. The van der Waals surface area contributed by atoms with Crippen molar-refractivity contribution in [1.82, 2.24) is 14.9 Å². The zero-order chi connectivity index (χ0) is 14.5. The predicted octanol–water partition coefficient (Wildman–Crippen LogP) is 1.88. The Kier molecular flexibility index (Phi) is 4.70. The summed E-state index contributed by atoms with van der Waals surface area (Å²) in [6.07, 6.45) is 7.67. The molecule has 0 unspecified atom stereocenters. The molecule has 1 saturated carbocycles. The van der Waals surface area contributed by atoms with Gasteiger partial charge in [0, 0.05) is 19.0 Å². The highest BCUT2D eigenvalue weighted by Crippen LogP contribution is 2.23. The van der Waals surface area contributed by atoms with Crippen LogP contribution < -0.4 is 5.32 Å². The van der Waals surface area contributed by atoms with E-state index in [0.29, 0.717) is 18.9 Å². The third-order valence-corrected chi connectivity index (χ3v) is 3.86. The molecule has 20 heavy (non-hydrogen) atoms. The van der Waals surface area contributed by atoms with Gasteiger partial charge in [0.15, 0.2) is 0 Å². The summed E-state index contributed by atoms with van der Waals surface area (Å²) in [5.74, 6) is 0.341. The lowest BCUT2D eigenvalue weighted by atomic mass is 9.86. The number of rotatable bonds is 5. The minimum absolute atomic E-state index is 0.0000954. The van der Waals surface area contributed by atoms with Crippen LogP contribution in [0.2, 0.25) is 0 Å². The Morgan fingerprint density at radius 3 is 2.95 bits per heavy atom. The summed E-state index contributed by atoms with van der Waals surface area (Å²) in [6, 6.07) is 0.272. The average Bonchev–Trinajstić information content (AvgIpc) is 2.88. The second-order valence-electron chi connectivity index (χ2n) is 5.41. The summed E-state index contributed by atoms with van der Waals surface area (Å²) in [6.45, 7) is 2.58. The molecule has 7 heteroatoms. The van der Waals surface area contributed by atoms with Crippen molar-refractivity contribution in [2.45, 2.75) is 51.6 Å². The number of imidazole rings is 1. The first-order chi connectivity index (χ1) is 9.56. The molecule has 0 aliphatic heterocycles. The standard InChI is InChI=1S/C13H20N4O3/c1-10-4-2-3-5-11(10)15-13(18)6-7-16-8-12(14-9-16)17(19)20/h8-11H,2-7H2,1H3,(H,15,18)/t10-,11+/m1/s1. The Balaban J connectivity index is 1.78. The van der Waals surface area contributed by atoms with Gasteiger partial charge in [-0.3, -0.25) is 4.79 Å². The summed E-state index contributed by atoms with van der Waals surface area (Å²) in [5.41, 5.74) is 0. The van der Waals surface area contributed by atoms with E-state index in [1.165, 1.54) is 31.8 Å². The molecule has 2 atom stereocenters. The SMILES string of the molecule is C[C@@H]1CCCC[C@@H]1NC(=O)CCn1cnc([N+](=O)[O-])c1. The van der Waals surface area contributed by atoms with Gasteiger partial charge in [-0.05, 0) is 28.7 Å². The van der Waals surface area contributed by atoms with Crippen LogP contribution in [0.3, 0.4) is 0 Å². The Hall–Kier alpha value is -1.92. The van der Waals surface area contributed by atoms with Crippen LogP contribution in [-0.4, -0.2) is 26.4 Å². The van der Waals surface area contributed by atoms with Crippen molar-refractivity contribution in [2.75, 3.05) is 0 Å². The van der Waals surface area contributed by atoms with Gasteiger partial charge in [0.05, 0.1) is 0 Å². The lowest BCUT2D eigenvalue weighted by Gasteiger charge is -2.29. The highest BCUT2D eigenvalue weighted by Gasteiger charge is 2.22. The molecule has 0 aromatic carbocycles. The van der Waals surface area contributed by atoms with Crippen molar-refractivity contribution in [1.29, 1.82) is 0 Å². The van der Waals surface area contributed by atoms with Gasteiger partial charge in [0.2, 0.25) is 12.2 Å². The molecule has 1 aliphatic carbocycles. The Morgan fingerprint density at radius 2 is 2.30 bits per heavy atom. The highest BCUT2D eigenvalue weighted by atomic mass is 16.6. The number of nitro groups is 1.